The molecule has 0 radical (unpaired) electrons. The van der Waals surface area contributed by atoms with E-state index in [0.717, 1.165) is 23.6 Å². The fourth-order valence-corrected chi connectivity index (χ4v) is 1.32. The van der Waals surface area contributed by atoms with E-state index in [4.69, 9.17) is 0 Å². The maximum Gasteiger partial charge on any atom is 0.159 e. The van der Waals surface area contributed by atoms with Crippen LogP contribution in [0.4, 0.5) is 0 Å². The van der Waals surface area contributed by atoms with Gasteiger partial charge in [0.15, 0.2) is 5.82 Å². The van der Waals surface area contributed by atoms with Crippen LogP contribution >= 0.6 is 0 Å². The summed E-state index contributed by atoms with van der Waals surface area (Å²) < 4.78 is 0. The van der Waals surface area contributed by atoms with E-state index in [1.165, 1.54) is 0 Å². The van der Waals surface area contributed by atoms with Crippen LogP contribution in [0.2, 0.25) is 0 Å². The van der Waals surface area contributed by atoms with Crippen LogP contribution in [0.5, 0.6) is 0 Å². The Balaban J connectivity index is 2.33. The first kappa shape index (κ1) is 9.73. The smallest absolute Gasteiger partial charge is 0.159 e. The molecule has 76 valence electrons. The van der Waals surface area contributed by atoms with Crippen LogP contribution in [-0.4, -0.2) is 22.0 Å². The topological polar surface area (TPSA) is 50.7 Å². The number of nitrogens with one attached hydrogen (secondary N) is 1. The third-order valence-corrected chi connectivity index (χ3v) is 2.01. The summed E-state index contributed by atoms with van der Waals surface area (Å²) in [6, 6.07) is 5.71. The summed E-state index contributed by atoms with van der Waals surface area (Å²) in [7, 11) is 1.90. The van der Waals surface area contributed by atoms with Crippen molar-refractivity contribution in [2.24, 2.45) is 0 Å². The van der Waals surface area contributed by atoms with E-state index in [2.05, 4.69) is 20.3 Å². The van der Waals surface area contributed by atoms with Crippen LogP contribution in [0.1, 0.15) is 5.69 Å². The van der Waals surface area contributed by atoms with Gasteiger partial charge in [-0.05, 0) is 25.2 Å². The quantitative estimate of drug-likeness (QED) is 0.810. The second-order valence-electron chi connectivity index (χ2n) is 3.14. The second kappa shape index (κ2) is 4.61. The SMILES string of the molecule is CNCc1ccnc(-c2ccncc2)n1. The average Bonchev–Trinajstić information content (AvgIpc) is 2.31. The molecule has 4 heteroatoms. The maximum atomic E-state index is 4.43. The molecule has 0 aliphatic rings. The Morgan fingerprint density at radius 1 is 1.13 bits per heavy atom. The Kier molecular flexibility index (Phi) is 2.99. The molecule has 2 aromatic heterocycles. The van der Waals surface area contributed by atoms with E-state index < -0.39 is 0 Å². The molecule has 15 heavy (non-hydrogen) atoms. The number of hydrogen-bond acceptors (Lipinski definition) is 4. The highest BCUT2D eigenvalue weighted by Gasteiger charge is 2.00. The van der Waals surface area contributed by atoms with Gasteiger partial charge in [-0.2, -0.15) is 0 Å². The lowest BCUT2D eigenvalue weighted by Crippen LogP contribution is -2.07. The van der Waals surface area contributed by atoms with E-state index in [9.17, 15) is 0 Å². The van der Waals surface area contributed by atoms with Gasteiger partial charge in [0.25, 0.3) is 0 Å². The number of hydrogen-bond donors (Lipinski definition) is 1. The molecular formula is C11H12N4. The van der Waals surface area contributed by atoms with Gasteiger partial charge in [0.05, 0.1) is 5.69 Å². The van der Waals surface area contributed by atoms with Crippen molar-refractivity contribution >= 4 is 0 Å². The Hall–Kier alpha value is -1.81. The molecule has 0 spiro atoms. The zero-order valence-corrected chi connectivity index (χ0v) is 8.51. The lowest BCUT2D eigenvalue weighted by atomic mass is 10.2. The fourth-order valence-electron chi connectivity index (χ4n) is 1.32. The molecule has 4 nitrogen and oxygen atoms in total. The largest absolute Gasteiger partial charge is 0.314 e. The van der Waals surface area contributed by atoms with Gasteiger partial charge in [0.1, 0.15) is 0 Å². The van der Waals surface area contributed by atoms with Crippen molar-refractivity contribution in [3.8, 4) is 11.4 Å². The van der Waals surface area contributed by atoms with Crippen molar-refractivity contribution in [3.63, 3.8) is 0 Å². The number of pyridine rings is 1. The van der Waals surface area contributed by atoms with Gasteiger partial charge in [-0.3, -0.25) is 4.98 Å². The van der Waals surface area contributed by atoms with Crippen molar-refractivity contribution in [2.75, 3.05) is 7.05 Å². The maximum absolute atomic E-state index is 4.43. The lowest BCUT2D eigenvalue weighted by Gasteiger charge is -2.02. The van der Waals surface area contributed by atoms with Gasteiger partial charge in [0, 0.05) is 30.7 Å². The summed E-state index contributed by atoms with van der Waals surface area (Å²) in [6.07, 6.45) is 5.25. The highest BCUT2D eigenvalue weighted by Crippen LogP contribution is 2.12. The summed E-state index contributed by atoms with van der Waals surface area (Å²) in [5.41, 5.74) is 1.97. The van der Waals surface area contributed by atoms with Gasteiger partial charge in [-0.25, -0.2) is 9.97 Å². The molecular weight excluding hydrogens is 188 g/mol. The molecule has 0 unspecified atom stereocenters. The first-order valence-corrected chi connectivity index (χ1v) is 4.77. The van der Waals surface area contributed by atoms with Crippen molar-refractivity contribution in [2.45, 2.75) is 6.54 Å². The van der Waals surface area contributed by atoms with Crippen molar-refractivity contribution < 1.29 is 0 Å². The molecule has 0 aliphatic heterocycles. The van der Waals surface area contributed by atoms with Crippen molar-refractivity contribution in [1.82, 2.24) is 20.3 Å². The molecule has 0 bridgehead atoms. The summed E-state index contributed by atoms with van der Waals surface area (Å²) in [5.74, 6) is 0.741. The summed E-state index contributed by atoms with van der Waals surface area (Å²) in [5, 5.41) is 3.06. The molecule has 0 fully saturated rings. The Labute approximate surface area is 88.4 Å². The molecule has 0 aliphatic carbocycles. The highest BCUT2D eigenvalue weighted by atomic mass is 14.9. The molecule has 2 heterocycles. The first-order valence-electron chi connectivity index (χ1n) is 4.77. The van der Waals surface area contributed by atoms with Crippen LogP contribution in [-0.2, 0) is 6.54 Å². The van der Waals surface area contributed by atoms with E-state index in [0.29, 0.717) is 0 Å². The molecule has 0 atom stereocenters. The Bertz CT molecular complexity index is 428. The van der Waals surface area contributed by atoms with Crippen LogP contribution < -0.4 is 5.32 Å². The average molecular weight is 200 g/mol. The highest BCUT2D eigenvalue weighted by molar-refractivity contribution is 5.53. The predicted molar refractivity (Wildman–Crippen MR) is 58.0 cm³/mol. The standard InChI is InChI=1S/C11H12N4/c1-12-8-10-4-7-14-11(15-10)9-2-5-13-6-3-9/h2-7,12H,8H2,1H3. The van der Waals surface area contributed by atoms with Crippen LogP contribution in [0.3, 0.4) is 0 Å². The van der Waals surface area contributed by atoms with E-state index in [-0.39, 0.29) is 0 Å². The van der Waals surface area contributed by atoms with E-state index in [1.807, 2.05) is 25.2 Å². The molecule has 0 saturated carbocycles. The van der Waals surface area contributed by atoms with Gasteiger partial charge in [0.2, 0.25) is 0 Å². The Morgan fingerprint density at radius 2 is 1.93 bits per heavy atom. The van der Waals surface area contributed by atoms with Crippen LogP contribution in [0.15, 0.2) is 36.8 Å². The van der Waals surface area contributed by atoms with E-state index in [1.54, 1.807) is 18.6 Å². The second-order valence-corrected chi connectivity index (χ2v) is 3.14. The van der Waals surface area contributed by atoms with Gasteiger partial charge < -0.3 is 5.32 Å². The summed E-state index contributed by atoms with van der Waals surface area (Å²) in [4.78, 5) is 12.6. The van der Waals surface area contributed by atoms with Crippen molar-refractivity contribution in [1.29, 1.82) is 0 Å². The zero-order valence-electron chi connectivity index (χ0n) is 8.51. The number of rotatable bonds is 3. The minimum absolute atomic E-state index is 0.741. The van der Waals surface area contributed by atoms with Gasteiger partial charge >= 0.3 is 0 Å². The van der Waals surface area contributed by atoms with Crippen LogP contribution in [0, 0.1) is 0 Å². The third kappa shape index (κ3) is 2.35. The Morgan fingerprint density at radius 3 is 2.67 bits per heavy atom. The van der Waals surface area contributed by atoms with Crippen molar-refractivity contribution in [3.05, 3.63) is 42.5 Å². The third-order valence-electron chi connectivity index (χ3n) is 2.01. The number of aromatic nitrogens is 3. The summed E-state index contributed by atoms with van der Waals surface area (Å²) >= 11 is 0. The summed E-state index contributed by atoms with van der Waals surface area (Å²) in [6.45, 7) is 0.751. The molecule has 2 rings (SSSR count). The minimum atomic E-state index is 0.741. The molecule has 0 saturated heterocycles. The normalized spacial score (nSPS) is 10.2. The molecule has 2 aromatic rings. The minimum Gasteiger partial charge on any atom is -0.314 e. The molecule has 0 aromatic carbocycles. The molecule has 1 N–H and O–H groups in total. The monoisotopic (exact) mass is 200 g/mol. The molecule has 0 amide bonds. The first-order chi connectivity index (χ1) is 7.40. The fraction of sp³-hybridized carbons (Fsp3) is 0.182. The number of nitrogens with zero attached hydrogens (tertiary/aromatic N) is 3. The van der Waals surface area contributed by atoms with Gasteiger partial charge in [-0.15, -0.1) is 0 Å². The van der Waals surface area contributed by atoms with Gasteiger partial charge in [-0.1, -0.05) is 0 Å². The van der Waals surface area contributed by atoms with Crippen LogP contribution in [0.25, 0.3) is 11.4 Å². The zero-order chi connectivity index (χ0) is 10.5. The lowest BCUT2D eigenvalue weighted by molar-refractivity contribution is 0.788. The van der Waals surface area contributed by atoms with E-state index >= 15 is 0 Å². The predicted octanol–water partition coefficient (Wildman–Crippen LogP) is 1.26.